The van der Waals surface area contributed by atoms with Gasteiger partial charge in [-0.25, -0.2) is 0 Å². The molecule has 6 heteroatoms. The van der Waals surface area contributed by atoms with E-state index < -0.39 is 5.60 Å². The zero-order valence-electron chi connectivity index (χ0n) is 12.0. The fourth-order valence-corrected chi connectivity index (χ4v) is 1.74. The molecule has 0 amide bonds. The van der Waals surface area contributed by atoms with Crippen LogP contribution in [-0.4, -0.2) is 42.0 Å². The van der Waals surface area contributed by atoms with Crippen molar-refractivity contribution in [3.63, 3.8) is 0 Å². The standard InChI is InChI=1S/C14H23N3O3/c1-14(18,7-8-20-2)10-16-9-11-3-5-12(6-4-11)13(15)17-19/h3-6,16,18-19H,7-10H2,1-2H3,(H2,15,17). The first-order chi connectivity index (χ1) is 9.48. The van der Waals surface area contributed by atoms with Crippen LogP contribution in [0.5, 0.6) is 0 Å². The van der Waals surface area contributed by atoms with Gasteiger partial charge in [-0.15, -0.1) is 0 Å². The van der Waals surface area contributed by atoms with E-state index in [1.165, 1.54) is 0 Å². The fraction of sp³-hybridized carbons (Fsp3) is 0.500. The Morgan fingerprint density at radius 1 is 1.40 bits per heavy atom. The molecular weight excluding hydrogens is 258 g/mol. The van der Waals surface area contributed by atoms with Crippen molar-refractivity contribution < 1.29 is 15.1 Å². The summed E-state index contributed by atoms with van der Waals surface area (Å²) in [7, 11) is 1.62. The summed E-state index contributed by atoms with van der Waals surface area (Å²) in [4.78, 5) is 0. The molecule has 1 aromatic rings. The van der Waals surface area contributed by atoms with Gasteiger partial charge < -0.3 is 26.1 Å². The summed E-state index contributed by atoms with van der Waals surface area (Å²) in [6.07, 6.45) is 0.582. The summed E-state index contributed by atoms with van der Waals surface area (Å²) in [5, 5.41) is 24.8. The van der Waals surface area contributed by atoms with Crippen LogP contribution in [0.1, 0.15) is 24.5 Å². The Balaban J connectivity index is 2.42. The monoisotopic (exact) mass is 281 g/mol. The Morgan fingerprint density at radius 3 is 2.60 bits per heavy atom. The van der Waals surface area contributed by atoms with E-state index in [0.717, 1.165) is 5.56 Å². The first-order valence-corrected chi connectivity index (χ1v) is 6.47. The number of rotatable bonds is 8. The molecule has 1 aromatic carbocycles. The zero-order chi connectivity index (χ0) is 15.0. The average Bonchev–Trinajstić information content (AvgIpc) is 2.45. The molecule has 0 radical (unpaired) electrons. The predicted molar refractivity (Wildman–Crippen MR) is 77.8 cm³/mol. The van der Waals surface area contributed by atoms with E-state index in [-0.39, 0.29) is 5.84 Å². The van der Waals surface area contributed by atoms with Gasteiger partial charge in [0.2, 0.25) is 0 Å². The zero-order valence-corrected chi connectivity index (χ0v) is 12.0. The number of hydrogen-bond acceptors (Lipinski definition) is 5. The molecule has 0 heterocycles. The van der Waals surface area contributed by atoms with Crippen LogP contribution in [-0.2, 0) is 11.3 Å². The largest absolute Gasteiger partial charge is 0.409 e. The second kappa shape index (κ2) is 7.84. The smallest absolute Gasteiger partial charge is 0.170 e. The summed E-state index contributed by atoms with van der Waals surface area (Å²) in [6, 6.07) is 7.36. The first kappa shape index (κ1) is 16.4. The lowest BCUT2D eigenvalue weighted by atomic mass is 10.0. The number of nitrogens with zero attached hydrogens (tertiary/aromatic N) is 1. The fourth-order valence-electron chi connectivity index (χ4n) is 1.74. The van der Waals surface area contributed by atoms with E-state index in [4.69, 9.17) is 15.7 Å². The van der Waals surface area contributed by atoms with E-state index in [9.17, 15) is 5.11 Å². The number of ether oxygens (including phenoxy) is 1. The van der Waals surface area contributed by atoms with Crippen molar-refractivity contribution >= 4 is 5.84 Å². The SMILES string of the molecule is COCCC(C)(O)CNCc1ccc(/C(N)=N/O)cc1. The molecule has 0 fully saturated rings. The minimum atomic E-state index is -0.788. The lowest BCUT2D eigenvalue weighted by Gasteiger charge is -2.23. The third-order valence-electron chi connectivity index (χ3n) is 3.04. The van der Waals surface area contributed by atoms with Gasteiger partial charge in [-0.3, -0.25) is 0 Å². The minimum Gasteiger partial charge on any atom is -0.409 e. The minimum absolute atomic E-state index is 0.0898. The van der Waals surface area contributed by atoms with Gasteiger partial charge in [0.15, 0.2) is 5.84 Å². The van der Waals surface area contributed by atoms with Crippen LogP contribution in [0, 0.1) is 0 Å². The molecule has 0 aliphatic heterocycles. The molecule has 0 aromatic heterocycles. The van der Waals surface area contributed by atoms with Crippen LogP contribution >= 0.6 is 0 Å². The molecule has 0 aliphatic rings. The summed E-state index contributed by atoms with van der Waals surface area (Å²) in [5.74, 6) is 0.0898. The van der Waals surface area contributed by atoms with Gasteiger partial charge in [0, 0.05) is 38.8 Å². The number of hydrogen-bond donors (Lipinski definition) is 4. The number of nitrogens with two attached hydrogens (primary N) is 1. The molecule has 20 heavy (non-hydrogen) atoms. The Kier molecular flexibility index (Phi) is 6.44. The third-order valence-corrected chi connectivity index (χ3v) is 3.04. The number of oxime groups is 1. The van der Waals surface area contributed by atoms with Crippen molar-refractivity contribution in [3.05, 3.63) is 35.4 Å². The molecule has 0 saturated carbocycles. The number of methoxy groups -OCH3 is 1. The van der Waals surface area contributed by atoms with Crippen LogP contribution in [0.15, 0.2) is 29.4 Å². The van der Waals surface area contributed by atoms with E-state index in [1.54, 1.807) is 26.2 Å². The maximum atomic E-state index is 10.1. The topological polar surface area (TPSA) is 100 Å². The van der Waals surface area contributed by atoms with Gasteiger partial charge in [-0.1, -0.05) is 29.4 Å². The van der Waals surface area contributed by atoms with Crippen LogP contribution in [0.25, 0.3) is 0 Å². The molecule has 1 atom stereocenters. The van der Waals surface area contributed by atoms with Gasteiger partial charge in [0.25, 0.3) is 0 Å². The summed E-state index contributed by atoms with van der Waals surface area (Å²) in [5.41, 5.74) is 6.43. The van der Waals surface area contributed by atoms with Gasteiger partial charge >= 0.3 is 0 Å². The predicted octanol–water partition coefficient (Wildman–Crippen LogP) is 0.658. The van der Waals surface area contributed by atoms with Crippen LogP contribution in [0.2, 0.25) is 0 Å². The molecule has 0 aliphatic carbocycles. The molecule has 0 spiro atoms. The van der Waals surface area contributed by atoms with Gasteiger partial charge in [-0.2, -0.15) is 0 Å². The Labute approximate surface area is 119 Å². The second-order valence-corrected chi connectivity index (χ2v) is 5.03. The molecule has 1 unspecified atom stereocenters. The summed E-state index contributed by atoms with van der Waals surface area (Å²) in [6.45, 7) is 3.43. The highest BCUT2D eigenvalue weighted by Crippen LogP contribution is 2.09. The summed E-state index contributed by atoms with van der Waals surface area (Å²) < 4.78 is 4.96. The van der Waals surface area contributed by atoms with Crippen molar-refractivity contribution in [3.8, 4) is 0 Å². The highest BCUT2D eigenvalue weighted by molar-refractivity contribution is 5.96. The molecular formula is C14H23N3O3. The van der Waals surface area contributed by atoms with E-state index in [2.05, 4.69) is 10.5 Å². The Morgan fingerprint density at radius 2 is 2.05 bits per heavy atom. The lowest BCUT2D eigenvalue weighted by Crippen LogP contribution is -2.38. The van der Waals surface area contributed by atoms with Gasteiger partial charge in [-0.05, 0) is 12.5 Å². The second-order valence-electron chi connectivity index (χ2n) is 5.03. The maximum absolute atomic E-state index is 10.1. The van der Waals surface area contributed by atoms with E-state index in [1.807, 2.05) is 12.1 Å². The number of benzene rings is 1. The first-order valence-electron chi connectivity index (χ1n) is 6.47. The summed E-state index contributed by atoms with van der Waals surface area (Å²) >= 11 is 0. The van der Waals surface area contributed by atoms with E-state index in [0.29, 0.717) is 31.7 Å². The van der Waals surface area contributed by atoms with E-state index >= 15 is 0 Å². The highest BCUT2D eigenvalue weighted by Gasteiger charge is 2.19. The molecule has 0 saturated heterocycles. The highest BCUT2D eigenvalue weighted by atomic mass is 16.5. The normalized spacial score (nSPS) is 15.1. The molecule has 112 valence electrons. The Bertz CT molecular complexity index is 430. The van der Waals surface area contributed by atoms with Gasteiger partial charge in [0.05, 0.1) is 5.60 Å². The number of nitrogens with one attached hydrogen (secondary N) is 1. The molecule has 1 rings (SSSR count). The van der Waals surface area contributed by atoms with Gasteiger partial charge in [0.1, 0.15) is 0 Å². The number of aliphatic hydroxyl groups is 1. The van der Waals surface area contributed by atoms with Crippen molar-refractivity contribution in [2.24, 2.45) is 10.9 Å². The third kappa shape index (κ3) is 5.56. The van der Waals surface area contributed by atoms with Crippen LogP contribution in [0.4, 0.5) is 0 Å². The molecule has 0 bridgehead atoms. The Hall–Kier alpha value is -1.63. The van der Waals surface area contributed by atoms with Crippen molar-refractivity contribution in [2.75, 3.05) is 20.3 Å². The van der Waals surface area contributed by atoms with Crippen molar-refractivity contribution in [1.29, 1.82) is 0 Å². The quantitative estimate of drug-likeness (QED) is 0.243. The maximum Gasteiger partial charge on any atom is 0.170 e. The van der Waals surface area contributed by atoms with Crippen LogP contribution in [0.3, 0.4) is 0 Å². The molecule has 6 nitrogen and oxygen atoms in total. The van der Waals surface area contributed by atoms with Crippen molar-refractivity contribution in [2.45, 2.75) is 25.5 Å². The number of amidine groups is 1. The lowest BCUT2D eigenvalue weighted by molar-refractivity contribution is 0.0247. The average molecular weight is 281 g/mol. The van der Waals surface area contributed by atoms with Crippen LogP contribution < -0.4 is 11.1 Å². The molecule has 5 N–H and O–H groups in total. The van der Waals surface area contributed by atoms with Crippen molar-refractivity contribution in [1.82, 2.24) is 5.32 Å².